The SMILES string of the molecule is CCOC(=O)CC(SC(C)C)C(=O)SC(C)C. The minimum Gasteiger partial charge on any atom is -0.466 e. The van der Waals surface area contributed by atoms with Gasteiger partial charge in [-0.1, -0.05) is 39.5 Å². The molecule has 100 valence electrons. The van der Waals surface area contributed by atoms with Crippen LogP contribution in [0, 0.1) is 0 Å². The average Bonchev–Trinajstić information content (AvgIpc) is 2.15. The summed E-state index contributed by atoms with van der Waals surface area (Å²) < 4.78 is 4.90. The Morgan fingerprint density at radius 3 is 2.12 bits per heavy atom. The molecular formula is C12H22O3S2. The minimum absolute atomic E-state index is 0.0757. The quantitative estimate of drug-likeness (QED) is 0.669. The molecule has 0 radical (unpaired) electrons. The fourth-order valence-electron chi connectivity index (χ4n) is 1.20. The molecule has 0 aliphatic heterocycles. The summed E-state index contributed by atoms with van der Waals surface area (Å²) in [7, 11) is 0. The topological polar surface area (TPSA) is 43.4 Å². The van der Waals surface area contributed by atoms with Crippen LogP contribution in [0.3, 0.4) is 0 Å². The van der Waals surface area contributed by atoms with Crippen LogP contribution in [-0.4, -0.2) is 33.4 Å². The molecule has 0 heterocycles. The normalized spacial score (nSPS) is 12.9. The van der Waals surface area contributed by atoms with Crippen molar-refractivity contribution in [1.29, 1.82) is 0 Å². The van der Waals surface area contributed by atoms with Crippen molar-refractivity contribution in [2.75, 3.05) is 6.61 Å². The number of rotatable bonds is 7. The van der Waals surface area contributed by atoms with E-state index in [1.165, 1.54) is 23.5 Å². The van der Waals surface area contributed by atoms with Crippen molar-refractivity contribution in [3.05, 3.63) is 0 Å². The average molecular weight is 278 g/mol. The van der Waals surface area contributed by atoms with Gasteiger partial charge in [-0.2, -0.15) is 0 Å². The Morgan fingerprint density at radius 2 is 1.71 bits per heavy atom. The Hall–Kier alpha value is -0.160. The third-order valence-corrected chi connectivity index (χ3v) is 4.10. The highest BCUT2D eigenvalue weighted by Gasteiger charge is 2.25. The highest BCUT2D eigenvalue weighted by molar-refractivity contribution is 8.16. The lowest BCUT2D eigenvalue weighted by atomic mass is 10.3. The van der Waals surface area contributed by atoms with Gasteiger partial charge in [0, 0.05) is 5.25 Å². The first-order chi connectivity index (χ1) is 7.86. The number of carbonyl (C=O) groups excluding carboxylic acids is 2. The number of thioether (sulfide) groups is 2. The predicted molar refractivity (Wildman–Crippen MR) is 75.5 cm³/mol. The summed E-state index contributed by atoms with van der Waals surface area (Å²) in [5.74, 6) is -0.289. The summed E-state index contributed by atoms with van der Waals surface area (Å²) in [4.78, 5) is 23.4. The molecule has 5 heteroatoms. The molecule has 1 atom stereocenters. The molecule has 0 aromatic carbocycles. The summed E-state index contributed by atoms with van der Waals surface area (Å²) in [6, 6.07) is 0. The Bertz CT molecular complexity index is 252. The maximum absolute atomic E-state index is 12.0. The van der Waals surface area contributed by atoms with Crippen molar-refractivity contribution >= 4 is 34.6 Å². The number of carbonyl (C=O) groups is 2. The monoisotopic (exact) mass is 278 g/mol. The molecule has 0 fully saturated rings. The van der Waals surface area contributed by atoms with E-state index in [-0.39, 0.29) is 28.0 Å². The zero-order valence-electron chi connectivity index (χ0n) is 11.2. The fourth-order valence-corrected chi connectivity index (χ4v) is 3.23. The molecule has 0 saturated heterocycles. The smallest absolute Gasteiger partial charge is 0.307 e. The van der Waals surface area contributed by atoms with Gasteiger partial charge < -0.3 is 4.74 Å². The molecule has 0 aliphatic carbocycles. The standard InChI is InChI=1S/C12H22O3S2/c1-6-15-11(13)7-10(16-8(2)3)12(14)17-9(4)5/h8-10H,6-7H2,1-5H3. The van der Waals surface area contributed by atoms with Crippen LogP contribution in [0.4, 0.5) is 0 Å². The van der Waals surface area contributed by atoms with E-state index < -0.39 is 0 Å². The Balaban J connectivity index is 4.41. The molecule has 0 rings (SSSR count). The van der Waals surface area contributed by atoms with Gasteiger partial charge in [0.05, 0.1) is 18.3 Å². The first-order valence-electron chi connectivity index (χ1n) is 5.88. The van der Waals surface area contributed by atoms with Gasteiger partial charge in [-0.05, 0) is 12.2 Å². The molecule has 1 unspecified atom stereocenters. The molecule has 0 bridgehead atoms. The van der Waals surface area contributed by atoms with E-state index in [9.17, 15) is 9.59 Å². The van der Waals surface area contributed by atoms with Crippen molar-refractivity contribution in [3.8, 4) is 0 Å². The van der Waals surface area contributed by atoms with Crippen LogP contribution in [0.25, 0.3) is 0 Å². The lowest BCUT2D eigenvalue weighted by Crippen LogP contribution is -2.23. The minimum atomic E-state index is -0.290. The van der Waals surface area contributed by atoms with Crippen LogP contribution < -0.4 is 0 Å². The van der Waals surface area contributed by atoms with Crippen molar-refractivity contribution < 1.29 is 14.3 Å². The fraction of sp³-hybridized carbons (Fsp3) is 0.833. The first kappa shape index (κ1) is 16.8. The Kier molecular flexibility index (Phi) is 8.78. The molecule has 0 aromatic heterocycles. The third-order valence-electron chi connectivity index (χ3n) is 1.71. The largest absolute Gasteiger partial charge is 0.466 e. The summed E-state index contributed by atoms with van der Waals surface area (Å²) >= 11 is 2.83. The summed E-state index contributed by atoms with van der Waals surface area (Å²) in [6.45, 7) is 10.1. The van der Waals surface area contributed by atoms with Gasteiger partial charge in [0.15, 0.2) is 0 Å². The van der Waals surface area contributed by atoms with Crippen molar-refractivity contribution in [3.63, 3.8) is 0 Å². The van der Waals surface area contributed by atoms with Gasteiger partial charge in [0.2, 0.25) is 5.12 Å². The molecule has 0 saturated carbocycles. The van der Waals surface area contributed by atoms with Crippen LogP contribution in [-0.2, 0) is 14.3 Å². The number of hydrogen-bond donors (Lipinski definition) is 0. The van der Waals surface area contributed by atoms with Crippen molar-refractivity contribution in [2.45, 2.75) is 56.8 Å². The number of hydrogen-bond acceptors (Lipinski definition) is 5. The van der Waals surface area contributed by atoms with Gasteiger partial charge in [0.25, 0.3) is 0 Å². The molecule has 0 aliphatic rings. The maximum Gasteiger partial charge on any atom is 0.307 e. The Morgan fingerprint density at radius 1 is 1.12 bits per heavy atom. The van der Waals surface area contributed by atoms with E-state index in [2.05, 4.69) is 0 Å². The molecule has 0 aromatic rings. The van der Waals surface area contributed by atoms with Gasteiger partial charge in [-0.15, -0.1) is 11.8 Å². The van der Waals surface area contributed by atoms with Gasteiger partial charge >= 0.3 is 5.97 Å². The van der Waals surface area contributed by atoms with Crippen LogP contribution in [0.5, 0.6) is 0 Å². The van der Waals surface area contributed by atoms with Gasteiger partial charge in [-0.3, -0.25) is 9.59 Å². The third kappa shape index (κ3) is 8.55. The number of ether oxygens (including phenoxy) is 1. The second-order valence-corrected chi connectivity index (χ2v) is 7.53. The van der Waals surface area contributed by atoms with Crippen LogP contribution in [0.2, 0.25) is 0 Å². The molecule has 3 nitrogen and oxygen atoms in total. The van der Waals surface area contributed by atoms with Crippen LogP contribution in [0.15, 0.2) is 0 Å². The summed E-state index contributed by atoms with van der Waals surface area (Å²) in [6.07, 6.45) is 0.176. The van der Waals surface area contributed by atoms with E-state index in [1.54, 1.807) is 6.92 Å². The van der Waals surface area contributed by atoms with E-state index in [1.807, 2.05) is 27.7 Å². The van der Waals surface area contributed by atoms with Crippen LogP contribution >= 0.6 is 23.5 Å². The highest BCUT2D eigenvalue weighted by atomic mass is 32.2. The zero-order chi connectivity index (χ0) is 13.4. The second-order valence-electron chi connectivity index (χ2n) is 4.17. The second kappa shape index (κ2) is 8.86. The van der Waals surface area contributed by atoms with Gasteiger partial charge in [0.1, 0.15) is 0 Å². The molecule has 0 N–H and O–H groups in total. The molecule has 17 heavy (non-hydrogen) atoms. The van der Waals surface area contributed by atoms with E-state index in [0.29, 0.717) is 11.9 Å². The zero-order valence-corrected chi connectivity index (χ0v) is 12.8. The Labute approximate surface area is 112 Å². The molecular weight excluding hydrogens is 256 g/mol. The molecule has 0 amide bonds. The van der Waals surface area contributed by atoms with E-state index >= 15 is 0 Å². The first-order valence-corrected chi connectivity index (χ1v) is 7.70. The van der Waals surface area contributed by atoms with Crippen molar-refractivity contribution in [1.82, 2.24) is 0 Å². The lowest BCUT2D eigenvalue weighted by molar-refractivity contribution is -0.143. The predicted octanol–water partition coefficient (Wildman–Crippen LogP) is 3.12. The summed E-state index contributed by atoms with van der Waals surface area (Å²) in [5, 5.41) is 0.360. The maximum atomic E-state index is 12.0. The number of esters is 1. The van der Waals surface area contributed by atoms with E-state index in [4.69, 9.17) is 4.74 Å². The molecule has 0 spiro atoms. The lowest BCUT2D eigenvalue weighted by Gasteiger charge is -2.17. The highest BCUT2D eigenvalue weighted by Crippen LogP contribution is 2.27. The van der Waals surface area contributed by atoms with Crippen molar-refractivity contribution in [2.24, 2.45) is 0 Å². The van der Waals surface area contributed by atoms with E-state index in [0.717, 1.165) is 0 Å². The van der Waals surface area contributed by atoms with Gasteiger partial charge in [-0.25, -0.2) is 0 Å². The van der Waals surface area contributed by atoms with Crippen LogP contribution in [0.1, 0.15) is 41.0 Å². The summed E-state index contributed by atoms with van der Waals surface area (Å²) in [5.41, 5.74) is 0.